The molecule has 4 nitrogen and oxygen atoms in total. The summed E-state index contributed by atoms with van der Waals surface area (Å²) < 4.78 is 0. The van der Waals surface area contributed by atoms with Gasteiger partial charge in [0.05, 0.1) is 0 Å². The minimum absolute atomic E-state index is 1.04. The van der Waals surface area contributed by atoms with Gasteiger partial charge in [-0.3, -0.25) is 0 Å². The van der Waals surface area contributed by atoms with Crippen LogP contribution in [0.4, 0.5) is 0 Å². The zero-order chi connectivity index (χ0) is 19.0. The van der Waals surface area contributed by atoms with E-state index in [1.807, 2.05) is 0 Å². The van der Waals surface area contributed by atoms with Gasteiger partial charge in [0.25, 0.3) is 0 Å². The second-order valence-electron chi connectivity index (χ2n) is 7.76. The van der Waals surface area contributed by atoms with E-state index in [1.165, 1.54) is 116 Å². The topological polar surface area (TPSA) is 48.1 Å². The van der Waals surface area contributed by atoms with Crippen molar-refractivity contribution in [1.82, 2.24) is 21.9 Å². The average Bonchev–Trinajstić information content (AvgIpc) is 2.64. The van der Waals surface area contributed by atoms with Crippen molar-refractivity contribution in [3.63, 3.8) is 0 Å². The van der Waals surface area contributed by atoms with Crippen LogP contribution in [0.3, 0.4) is 0 Å². The van der Waals surface area contributed by atoms with Crippen molar-refractivity contribution in [1.29, 1.82) is 0 Å². The Morgan fingerprint density at radius 2 is 0.731 bits per heavy atom. The van der Waals surface area contributed by atoms with E-state index in [-0.39, 0.29) is 0 Å². The van der Waals surface area contributed by atoms with Gasteiger partial charge in [-0.1, -0.05) is 117 Å². The highest BCUT2D eigenvalue weighted by molar-refractivity contribution is 4.49. The normalized spacial score (nSPS) is 16.8. The monoisotopic (exact) mass is 370 g/mol. The SMILES string of the molecule is C1CCCCNNNNCCC1.CCCCCCCCCCCCCC. The molecule has 0 unspecified atom stereocenters. The Morgan fingerprint density at radius 3 is 1.08 bits per heavy atom. The maximum Gasteiger partial charge on any atom is 0.0113 e. The van der Waals surface area contributed by atoms with Gasteiger partial charge in [0.15, 0.2) is 0 Å². The van der Waals surface area contributed by atoms with Crippen molar-refractivity contribution < 1.29 is 0 Å². The molecular weight excluding hydrogens is 320 g/mol. The third kappa shape index (κ3) is 23.8. The molecule has 1 heterocycles. The van der Waals surface area contributed by atoms with Crippen LogP contribution >= 0.6 is 0 Å². The van der Waals surface area contributed by atoms with E-state index in [0.29, 0.717) is 0 Å². The quantitative estimate of drug-likeness (QED) is 0.329. The Kier molecular flexibility index (Phi) is 24.7. The highest BCUT2D eigenvalue weighted by atomic mass is 15.7. The second-order valence-corrected chi connectivity index (χ2v) is 7.76. The maximum absolute atomic E-state index is 3.08. The van der Waals surface area contributed by atoms with Gasteiger partial charge in [-0.2, -0.15) is 11.1 Å². The first-order valence-corrected chi connectivity index (χ1v) is 11.9. The Bertz CT molecular complexity index is 181. The zero-order valence-corrected chi connectivity index (χ0v) is 18.1. The molecule has 0 spiro atoms. The molecule has 158 valence electrons. The molecule has 26 heavy (non-hydrogen) atoms. The van der Waals surface area contributed by atoms with Crippen LogP contribution in [0.1, 0.15) is 129 Å². The van der Waals surface area contributed by atoms with Gasteiger partial charge in [0.1, 0.15) is 0 Å². The summed E-state index contributed by atoms with van der Waals surface area (Å²) in [5.74, 6) is 0. The lowest BCUT2D eigenvalue weighted by atomic mass is 10.1. The van der Waals surface area contributed by atoms with E-state index in [4.69, 9.17) is 0 Å². The average molecular weight is 371 g/mol. The molecule has 1 aliphatic heterocycles. The van der Waals surface area contributed by atoms with Crippen molar-refractivity contribution in [3.05, 3.63) is 0 Å². The Balaban J connectivity index is 0.000000485. The Labute approximate surface area is 165 Å². The van der Waals surface area contributed by atoms with Crippen molar-refractivity contribution >= 4 is 0 Å². The van der Waals surface area contributed by atoms with Gasteiger partial charge in [0.2, 0.25) is 0 Å². The van der Waals surface area contributed by atoms with Crippen molar-refractivity contribution in [2.24, 2.45) is 0 Å². The van der Waals surface area contributed by atoms with Crippen LogP contribution in [0, 0.1) is 0 Å². The number of hydrazine groups is 3. The van der Waals surface area contributed by atoms with E-state index in [0.717, 1.165) is 13.1 Å². The Morgan fingerprint density at radius 1 is 0.423 bits per heavy atom. The van der Waals surface area contributed by atoms with Crippen LogP contribution in [0.5, 0.6) is 0 Å². The number of hydrogen-bond donors (Lipinski definition) is 4. The second kappa shape index (κ2) is 24.8. The number of unbranched alkanes of at least 4 members (excludes halogenated alkanes) is 11. The largest absolute Gasteiger partial charge is 0.243 e. The molecule has 0 aromatic rings. The predicted octanol–water partition coefficient (Wildman–Crippen LogP) is 6.15. The molecule has 0 radical (unpaired) electrons. The Hall–Kier alpha value is -0.160. The predicted molar refractivity (Wildman–Crippen MR) is 117 cm³/mol. The molecule has 0 aliphatic carbocycles. The van der Waals surface area contributed by atoms with Gasteiger partial charge >= 0.3 is 0 Å². The molecule has 1 fully saturated rings. The highest BCUT2D eigenvalue weighted by Crippen LogP contribution is 2.11. The minimum Gasteiger partial charge on any atom is -0.243 e. The van der Waals surface area contributed by atoms with Gasteiger partial charge in [0, 0.05) is 13.1 Å². The standard InChI is InChI=1S/C14H30.C8H20N4/c1-3-5-7-9-11-13-14-12-10-8-6-4-2;1-2-4-6-8-10-12-11-9-7-5-3-1/h3-14H2,1-2H3;9-12H,1-8H2. The summed E-state index contributed by atoms with van der Waals surface area (Å²) in [5, 5.41) is 0. The molecule has 4 N–H and O–H groups in total. The molecule has 1 aliphatic rings. The smallest absolute Gasteiger partial charge is 0.0113 e. The summed E-state index contributed by atoms with van der Waals surface area (Å²) in [6.07, 6.45) is 25.4. The summed E-state index contributed by atoms with van der Waals surface area (Å²) in [5.41, 5.74) is 11.9. The third-order valence-corrected chi connectivity index (χ3v) is 5.05. The molecule has 1 saturated heterocycles. The summed E-state index contributed by atoms with van der Waals surface area (Å²) in [7, 11) is 0. The van der Waals surface area contributed by atoms with Crippen LogP contribution in [-0.2, 0) is 0 Å². The minimum atomic E-state index is 1.04. The van der Waals surface area contributed by atoms with E-state index in [1.54, 1.807) is 0 Å². The van der Waals surface area contributed by atoms with Crippen LogP contribution < -0.4 is 21.9 Å². The molecule has 0 atom stereocenters. The molecule has 0 saturated carbocycles. The van der Waals surface area contributed by atoms with Crippen molar-refractivity contribution in [3.8, 4) is 0 Å². The van der Waals surface area contributed by atoms with E-state index >= 15 is 0 Å². The summed E-state index contributed by atoms with van der Waals surface area (Å²) in [6.45, 7) is 6.64. The van der Waals surface area contributed by atoms with E-state index < -0.39 is 0 Å². The molecule has 0 bridgehead atoms. The molecular formula is C22H50N4. The fourth-order valence-electron chi connectivity index (χ4n) is 3.26. The lowest BCUT2D eigenvalue weighted by molar-refractivity contribution is 0.354. The molecule has 0 aromatic carbocycles. The lowest BCUT2D eigenvalue weighted by Crippen LogP contribution is -2.51. The lowest BCUT2D eigenvalue weighted by Gasteiger charge is -2.11. The van der Waals surface area contributed by atoms with Crippen LogP contribution in [0.2, 0.25) is 0 Å². The van der Waals surface area contributed by atoms with Gasteiger partial charge in [-0.25, -0.2) is 10.9 Å². The molecule has 1 rings (SSSR count). The fraction of sp³-hybridized carbons (Fsp3) is 1.00. The third-order valence-electron chi connectivity index (χ3n) is 5.05. The van der Waals surface area contributed by atoms with Gasteiger partial charge in [-0.05, 0) is 12.8 Å². The first-order valence-electron chi connectivity index (χ1n) is 11.9. The molecule has 0 aromatic heterocycles. The van der Waals surface area contributed by atoms with Crippen molar-refractivity contribution in [2.45, 2.75) is 129 Å². The van der Waals surface area contributed by atoms with E-state index in [9.17, 15) is 0 Å². The first kappa shape index (κ1) is 25.8. The van der Waals surface area contributed by atoms with Crippen molar-refractivity contribution in [2.75, 3.05) is 13.1 Å². The number of rotatable bonds is 11. The van der Waals surface area contributed by atoms with Gasteiger partial charge < -0.3 is 0 Å². The summed E-state index contributed by atoms with van der Waals surface area (Å²) >= 11 is 0. The van der Waals surface area contributed by atoms with Crippen LogP contribution in [-0.4, -0.2) is 13.1 Å². The fourth-order valence-corrected chi connectivity index (χ4v) is 3.26. The van der Waals surface area contributed by atoms with Crippen LogP contribution in [0.25, 0.3) is 0 Å². The number of hydrogen-bond acceptors (Lipinski definition) is 4. The zero-order valence-electron chi connectivity index (χ0n) is 18.1. The highest BCUT2D eigenvalue weighted by Gasteiger charge is 1.93. The maximum atomic E-state index is 3.08. The van der Waals surface area contributed by atoms with E-state index in [2.05, 4.69) is 35.8 Å². The number of nitrogens with one attached hydrogen (secondary N) is 4. The summed E-state index contributed by atoms with van der Waals surface area (Å²) in [6, 6.07) is 0. The van der Waals surface area contributed by atoms with Crippen LogP contribution in [0.15, 0.2) is 0 Å². The molecule has 4 heteroatoms. The first-order chi connectivity index (χ1) is 12.9. The van der Waals surface area contributed by atoms with Gasteiger partial charge in [-0.15, -0.1) is 0 Å². The molecule has 0 amide bonds. The summed E-state index contributed by atoms with van der Waals surface area (Å²) in [4.78, 5) is 0.